The number of anilines is 1. The van der Waals surface area contributed by atoms with Crippen molar-refractivity contribution in [2.45, 2.75) is 33.6 Å². The molecule has 0 aromatic heterocycles. The molecule has 176 valence electrons. The number of nitrogens with zero attached hydrogens (tertiary/aromatic N) is 1. The lowest BCUT2D eigenvalue weighted by molar-refractivity contribution is -0.274. The van der Waals surface area contributed by atoms with Gasteiger partial charge in [0, 0.05) is 18.3 Å². The quantitative estimate of drug-likeness (QED) is 0.518. The largest absolute Gasteiger partial charge is 0.573 e. The van der Waals surface area contributed by atoms with Crippen molar-refractivity contribution in [3.05, 3.63) is 59.8 Å². The molecule has 1 aliphatic heterocycles. The van der Waals surface area contributed by atoms with Crippen LogP contribution in [0.5, 0.6) is 11.5 Å². The lowest BCUT2D eigenvalue weighted by atomic mass is 10.0. The van der Waals surface area contributed by atoms with Gasteiger partial charge in [0.05, 0.1) is 12.2 Å². The van der Waals surface area contributed by atoms with E-state index >= 15 is 0 Å². The normalized spacial score (nSPS) is 14.3. The Morgan fingerprint density at radius 1 is 1.00 bits per heavy atom. The van der Waals surface area contributed by atoms with Crippen LogP contribution in [-0.2, 0) is 9.59 Å². The molecule has 0 unspecified atom stereocenters. The summed E-state index contributed by atoms with van der Waals surface area (Å²) in [4.78, 5) is 27.2. The third-order valence-corrected chi connectivity index (χ3v) is 4.68. The lowest BCUT2D eigenvalue weighted by Crippen LogP contribution is -2.33. The number of hydrogen-bond acceptors (Lipinski definition) is 5. The van der Waals surface area contributed by atoms with Gasteiger partial charge >= 0.3 is 6.36 Å². The first-order valence-corrected chi connectivity index (χ1v) is 10.6. The Bertz CT molecular complexity index is 1050. The number of amides is 2. The molecule has 0 aliphatic carbocycles. The maximum atomic E-state index is 13.1. The zero-order valence-electron chi connectivity index (χ0n) is 18.5. The molecule has 33 heavy (non-hydrogen) atoms. The van der Waals surface area contributed by atoms with Gasteiger partial charge in [0.1, 0.15) is 17.2 Å². The molecule has 6 nitrogen and oxygen atoms in total. The van der Waals surface area contributed by atoms with Gasteiger partial charge in [0.2, 0.25) is 0 Å². The number of benzene rings is 2. The maximum Gasteiger partial charge on any atom is 0.573 e. The van der Waals surface area contributed by atoms with Crippen LogP contribution in [0.3, 0.4) is 0 Å². The van der Waals surface area contributed by atoms with Crippen molar-refractivity contribution in [2.75, 3.05) is 18.5 Å². The Labute approximate surface area is 190 Å². The van der Waals surface area contributed by atoms with Gasteiger partial charge in [-0.1, -0.05) is 39.0 Å². The molecule has 9 heteroatoms. The highest BCUT2D eigenvalue weighted by Crippen LogP contribution is 2.33. The number of rotatable bonds is 9. The Morgan fingerprint density at radius 3 is 2.30 bits per heavy atom. The van der Waals surface area contributed by atoms with Crippen LogP contribution in [0.2, 0.25) is 0 Å². The van der Waals surface area contributed by atoms with E-state index in [4.69, 9.17) is 4.74 Å². The van der Waals surface area contributed by atoms with Gasteiger partial charge in [-0.2, -0.15) is 0 Å². The number of alkyl halides is 3. The third-order valence-electron chi connectivity index (χ3n) is 4.68. The molecule has 0 bridgehead atoms. The fraction of sp³-hybridized carbons (Fsp3) is 0.333. The van der Waals surface area contributed by atoms with Crippen molar-refractivity contribution in [3.63, 3.8) is 0 Å². The van der Waals surface area contributed by atoms with E-state index < -0.39 is 23.9 Å². The zero-order chi connectivity index (χ0) is 24.2. The van der Waals surface area contributed by atoms with Crippen molar-refractivity contribution < 1.29 is 32.2 Å². The van der Waals surface area contributed by atoms with E-state index in [0.717, 1.165) is 17.0 Å². The Hall–Kier alpha value is -3.49. The topological polar surface area (TPSA) is 67.9 Å². The molecule has 2 aromatic rings. The minimum atomic E-state index is -4.85. The standard InChI is InChI=1S/C24H25F3N2O4/c1-4-12-29-22(30)20(16-8-10-18(11-9-16)32-14-15(2)3)21(23(29)31)28-17-6-5-7-19(13-17)33-24(25,26)27/h5-11,13,15,28H,4,12,14H2,1-3H3. The van der Waals surface area contributed by atoms with Crippen LogP contribution in [-0.4, -0.2) is 36.2 Å². The van der Waals surface area contributed by atoms with Crippen LogP contribution in [0.15, 0.2) is 54.2 Å². The van der Waals surface area contributed by atoms with Crippen molar-refractivity contribution in [2.24, 2.45) is 5.92 Å². The summed E-state index contributed by atoms with van der Waals surface area (Å²) in [7, 11) is 0. The first-order valence-electron chi connectivity index (χ1n) is 10.6. The highest BCUT2D eigenvalue weighted by Gasteiger charge is 2.39. The first-order chi connectivity index (χ1) is 15.6. The second-order valence-corrected chi connectivity index (χ2v) is 7.94. The summed E-state index contributed by atoms with van der Waals surface area (Å²) in [6.45, 7) is 6.64. The Morgan fingerprint density at radius 2 is 1.70 bits per heavy atom. The number of carbonyl (C=O) groups is 2. The third kappa shape index (κ3) is 6.06. The van der Waals surface area contributed by atoms with Crippen molar-refractivity contribution >= 4 is 23.1 Å². The van der Waals surface area contributed by atoms with Crippen LogP contribution in [0.4, 0.5) is 18.9 Å². The predicted octanol–water partition coefficient (Wildman–Crippen LogP) is 5.22. The van der Waals surface area contributed by atoms with E-state index in [1.54, 1.807) is 24.3 Å². The van der Waals surface area contributed by atoms with Crippen LogP contribution in [0.25, 0.3) is 5.57 Å². The van der Waals surface area contributed by atoms with E-state index in [1.165, 1.54) is 12.1 Å². The summed E-state index contributed by atoms with van der Waals surface area (Å²) in [5, 5.41) is 2.83. The molecule has 0 atom stereocenters. The molecule has 2 aromatic carbocycles. The predicted molar refractivity (Wildman–Crippen MR) is 117 cm³/mol. The molecule has 0 saturated carbocycles. The summed E-state index contributed by atoms with van der Waals surface area (Å²) in [5.41, 5.74) is 0.814. The number of halogens is 3. The summed E-state index contributed by atoms with van der Waals surface area (Å²) in [6.07, 6.45) is -4.28. The second-order valence-electron chi connectivity index (χ2n) is 7.94. The average Bonchev–Trinajstić information content (AvgIpc) is 2.96. The Kier molecular flexibility index (Phi) is 7.30. The molecule has 1 heterocycles. The smallest absolute Gasteiger partial charge is 0.493 e. The zero-order valence-corrected chi connectivity index (χ0v) is 18.5. The number of nitrogens with one attached hydrogen (secondary N) is 1. The first kappa shape index (κ1) is 24.2. The molecule has 0 fully saturated rings. The summed E-state index contributed by atoms with van der Waals surface area (Å²) >= 11 is 0. The van der Waals surface area contributed by atoms with Gasteiger partial charge in [-0.05, 0) is 42.2 Å². The average molecular weight is 462 g/mol. The number of ether oxygens (including phenoxy) is 2. The molecule has 0 saturated heterocycles. The van der Waals surface area contributed by atoms with Crippen LogP contribution >= 0.6 is 0 Å². The van der Waals surface area contributed by atoms with Crippen molar-refractivity contribution in [3.8, 4) is 11.5 Å². The molecule has 3 rings (SSSR count). The van der Waals surface area contributed by atoms with E-state index in [0.29, 0.717) is 30.3 Å². The van der Waals surface area contributed by atoms with Gasteiger partial charge in [0.25, 0.3) is 11.8 Å². The van der Waals surface area contributed by atoms with Crippen molar-refractivity contribution in [1.82, 2.24) is 4.90 Å². The SMILES string of the molecule is CCCN1C(=O)C(Nc2cccc(OC(F)(F)F)c2)=C(c2ccc(OCC(C)C)cc2)C1=O. The number of hydrogen-bond donors (Lipinski definition) is 1. The van der Waals surface area contributed by atoms with Gasteiger partial charge in [-0.15, -0.1) is 13.2 Å². The van der Waals surface area contributed by atoms with E-state index in [9.17, 15) is 22.8 Å². The molecular formula is C24H25F3N2O4. The minimum absolute atomic E-state index is 0.00606. The number of carbonyl (C=O) groups excluding carboxylic acids is 2. The number of imide groups is 1. The fourth-order valence-electron chi connectivity index (χ4n) is 3.28. The van der Waals surface area contributed by atoms with Gasteiger partial charge in [-0.25, -0.2) is 0 Å². The van der Waals surface area contributed by atoms with Gasteiger partial charge in [-0.3, -0.25) is 14.5 Å². The van der Waals surface area contributed by atoms with Crippen LogP contribution in [0.1, 0.15) is 32.8 Å². The highest BCUT2D eigenvalue weighted by molar-refractivity contribution is 6.36. The summed E-state index contributed by atoms with van der Waals surface area (Å²) < 4.78 is 47.3. The van der Waals surface area contributed by atoms with E-state index in [1.807, 2.05) is 20.8 Å². The maximum absolute atomic E-state index is 13.1. The van der Waals surface area contributed by atoms with E-state index in [-0.39, 0.29) is 23.5 Å². The van der Waals surface area contributed by atoms with Crippen LogP contribution in [0, 0.1) is 5.92 Å². The van der Waals surface area contributed by atoms with Crippen LogP contribution < -0.4 is 14.8 Å². The molecule has 1 N–H and O–H groups in total. The molecule has 2 amide bonds. The summed E-state index contributed by atoms with van der Waals surface area (Å²) in [5.74, 6) is -0.482. The highest BCUT2D eigenvalue weighted by atomic mass is 19.4. The van der Waals surface area contributed by atoms with Gasteiger partial charge in [0.15, 0.2) is 0 Å². The molecule has 0 radical (unpaired) electrons. The molecule has 1 aliphatic rings. The second kappa shape index (κ2) is 9.97. The lowest BCUT2D eigenvalue weighted by Gasteiger charge is -2.14. The molecular weight excluding hydrogens is 437 g/mol. The summed E-state index contributed by atoms with van der Waals surface area (Å²) in [6, 6.07) is 11.9. The van der Waals surface area contributed by atoms with E-state index in [2.05, 4.69) is 10.1 Å². The fourth-order valence-corrected chi connectivity index (χ4v) is 3.28. The van der Waals surface area contributed by atoms with Crippen molar-refractivity contribution in [1.29, 1.82) is 0 Å². The molecule has 0 spiro atoms. The van der Waals surface area contributed by atoms with Gasteiger partial charge < -0.3 is 14.8 Å². The monoisotopic (exact) mass is 462 g/mol. The minimum Gasteiger partial charge on any atom is -0.493 e. The Balaban J connectivity index is 1.95.